The number of aromatic nitrogens is 2. The maximum atomic E-state index is 4.96. The van der Waals surface area contributed by atoms with Gasteiger partial charge in [-0.2, -0.15) is 6.07 Å². The Morgan fingerprint density at radius 1 is 0.540 bits per heavy atom. The minimum Gasteiger partial charge on any atom is -0.358 e. The van der Waals surface area contributed by atoms with Crippen LogP contribution in [-0.4, -0.2) is 16.2 Å². The van der Waals surface area contributed by atoms with E-state index < -0.39 is 0 Å². The molecule has 0 spiro atoms. The molecule has 2 aromatic heterocycles. The number of fused-ring (bicyclic) bond motifs is 3. The summed E-state index contributed by atoms with van der Waals surface area (Å²) in [6.07, 6.45) is 1.94. The Balaban J connectivity index is 0.00000330. The van der Waals surface area contributed by atoms with Crippen molar-refractivity contribution in [2.24, 2.45) is 0 Å². The molecule has 0 saturated heterocycles. The molecule has 0 aliphatic carbocycles. The number of hydrogen-bond donors (Lipinski definition) is 0. The molecular weight excluding hydrogens is 950 g/mol. The van der Waals surface area contributed by atoms with Crippen LogP contribution in [0.15, 0.2) is 127 Å². The number of pyridine rings is 1. The molecule has 7 aromatic rings. The first-order valence-electron chi connectivity index (χ1n) is 21.8. The number of benzene rings is 5. The Kier molecular flexibility index (Phi) is 12.9. The van der Waals surface area contributed by atoms with E-state index in [2.05, 4.69) is 238 Å². The van der Waals surface area contributed by atoms with Gasteiger partial charge < -0.3 is 26.7 Å². The van der Waals surface area contributed by atoms with Gasteiger partial charge in [-0.15, -0.1) is 41.3 Å². The Labute approximate surface area is 393 Å². The topological polar surface area (TPSA) is 27.5 Å². The molecule has 0 N–H and O–H groups in total. The standard InChI is InChI=1S/C56H63N5.CH3.Pt/c1-37-38(2)59(36-58(37)45-29-40(54(6,7)8)28-41(30-45)55(9,10)11)46-31-42(56(12,13)14)32-47(34-46)60(43-20-16-15-17-21-43)44-24-25-49-48-22-18-19-23-50(48)61(51(49)35-44)52-33-39(26-27-57-52)53(3,4)5;;/h15-33H,36H2,1-14H3;1H3;/q-2;-1;. The number of rotatable bonds is 6. The van der Waals surface area contributed by atoms with Crippen LogP contribution in [0.3, 0.4) is 0 Å². The van der Waals surface area contributed by atoms with E-state index in [-0.39, 0.29) is 50.2 Å². The second-order valence-electron chi connectivity index (χ2n) is 21.1. The third-order valence-corrected chi connectivity index (χ3v) is 12.5. The van der Waals surface area contributed by atoms with Gasteiger partial charge in [0.05, 0.1) is 6.67 Å². The zero-order valence-corrected chi connectivity index (χ0v) is 42.5. The average Bonchev–Trinajstić information content (AvgIpc) is 3.69. The van der Waals surface area contributed by atoms with E-state index in [1.807, 2.05) is 6.20 Å². The zero-order chi connectivity index (χ0) is 43.8. The molecule has 0 saturated carbocycles. The SMILES string of the molecule is CC1=C(C)N(c2cc(C(C)(C)C)cc(C(C)(C)C)c2)CN1c1[c-]c(N(c2[c-]c3c(cc2)c2ccccc2n3-c2cc(C(C)(C)C)ccn2)c2ccccc2)cc(C(C)(C)C)c1.[CH3-].[Pt]. The van der Waals surface area contributed by atoms with E-state index in [0.29, 0.717) is 6.67 Å². The van der Waals surface area contributed by atoms with Gasteiger partial charge in [-0.3, -0.25) is 0 Å². The first kappa shape index (κ1) is 47.4. The molecule has 5 aromatic carbocycles. The Morgan fingerprint density at radius 2 is 1.11 bits per heavy atom. The predicted molar refractivity (Wildman–Crippen MR) is 267 cm³/mol. The molecule has 0 fully saturated rings. The van der Waals surface area contributed by atoms with E-state index in [4.69, 9.17) is 4.98 Å². The number of hydrogen-bond acceptors (Lipinski definition) is 4. The second-order valence-corrected chi connectivity index (χ2v) is 21.1. The molecule has 1 aliphatic heterocycles. The molecule has 0 radical (unpaired) electrons. The third kappa shape index (κ3) is 9.14. The van der Waals surface area contributed by atoms with Gasteiger partial charge in [0, 0.05) is 55.5 Å². The van der Waals surface area contributed by atoms with Crippen molar-refractivity contribution in [2.45, 2.75) is 119 Å². The normalized spacial score (nSPS) is 13.7. The Morgan fingerprint density at radius 3 is 1.73 bits per heavy atom. The third-order valence-electron chi connectivity index (χ3n) is 12.5. The molecule has 8 rings (SSSR count). The smallest absolute Gasteiger partial charge is 0.135 e. The van der Waals surface area contributed by atoms with Crippen molar-refractivity contribution in [3.05, 3.63) is 169 Å². The van der Waals surface area contributed by atoms with Crippen LogP contribution in [0.25, 0.3) is 27.6 Å². The summed E-state index contributed by atoms with van der Waals surface area (Å²) in [6.45, 7) is 32.7. The molecule has 0 unspecified atom stereocenters. The summed E-state index contributed by atoms with van der Waals surface area (Å²) in [5.74, 6) is 0.890. The molecule has 0 bridgehead atoms. The van der Waals surface area contributed by atoms with Crippen LogP contribution in [0, 0.1) is 19.6 Å². The molecule has 332 valence electrons. The van der Waals surface area contributed by atoms with E-state index in [1.165, 1.54) is 44.7 Å². The Hall–Kier alpha value is -5.12. The van der Waals surface area contributed by atoms with Crippen LogP contribution in [0.2, 0.25) is 0 Å². The van der Waals surface area contributed by atoms with Gasteiger partial charge in [-0.25, -0.2) is 4.98 Å². The fraction of sp³-hybridized carbons (Fsp3) is 0.333. The van der Waals surface area contributed by atoms with E-state index in [0.717, 1.165) is 45.0 Å². The first-order valence-corrected chi connectivity index (χ1v) is 21.8. The quantitative estimate of drug-likeness (QED) is 0.155. The minimum atomic E-state index is -0.125. The number of anilines is 5. The molecule has 0 atom stereocenters. The van der Waals surface area contributed by atoms with Crippen molar-refractivity contribution in [1.29, 1.82) is 0 Å². The number of nitrogens with zero attached hydrogens (tertiary/aromatic N) is 5. The van der Waals surface area contributed by atoms with E-state index in [9.17, 15) is 0 Å². The van der Waals surface area contributed by atoms with E-state index in [1.54, 1.807) is 0 Å². The van der Waals surface area contributed by atoms with Gasteiger partial charge in [0.25, 0.3) is 0 Å². The van der Waals surface area contributed by atoms with E-state index >= 15 is 0 Å². The summed E-state index contributed by atoms with van der Waals surface area (Å²) in [7, 11) is 0. The van der Waals surface area contributed by atoms with Gasteiger partial charge in [0.1, 0.15) is 5.82 Å². The molecule has 6 heteroatoms. The molecule has 5 nitrogen and oxygen atoms in total. The van der Waals surface area contributed by atoms with Crippen molar-refractivity contribution in [3.63, 3.8) is 0 Å². The molecule has 0 amide bonds. The maximum Gasteiger partial charge on any atom is 0.135 e. The summed E-state index contributed by atoms with van der Waals surface area (Å²) in [5.41, 5.74) is 14.9. The molecule has 63 heavy (non-hydrogen) atoms. The predicted octanol–water partition coefficient (Wildman–Crippen LogP) is 15.4. The average molecular weight is 1020 g/mol. The van der Waals surface area contributed by atoms with Gasteiger partial charge in [-0.05, 0) is 100 Å². The molecular formula is C57H66N5Pt-3. The number of allylic oxidation sites excluding steroid dienone is 2. The first-order chi connectivity index (χ1) is 28.6. The van der Waals surface area contributed by atoms with Crippen LogP contribution < -0.4 is 14.7 Å². The van der Waals surface area contributed by atoms with Crippen molar-refractivity contribution < 1.29 is 21.1 Å². The summed E-state index contributed by atoms with van der Waals surface area (Å²) >= 11 is 0. The fourth-order valence-electron chi connectivity index (χ4n) is 8.39. The van der Waals surface area contributed by atoms with Gasteiger partial charge in [0.2, 0.25) is 0 Å². The van der Waals surface area contributed by atoms with Crippen LogP contribution >= 0.6 is 0 Å². The van der Waals surface area contributed by atoms with Crippen LogP contribution in [0.4, 0.5) is 28.4 Å². The summed E-state index contributed by atoms with van der Waals surface area (Å²) in [5, 5.41) is 2.32. The second kappa shape index (κ2) is 17.1. The van der Waals surface area contributed by atoms with Crippen molar-refractivity contribution in [2.75, 3.05) is 21.4 Å². The Bertz CT molecular complexity index is 2770. The van der Waals surface area contributed by atoms with Crippen molar-refractivity contribution >= 4 is 50.2 Å². The van der Waals surface area contributed by atoms with Crippen LogP contribution in [0.5, 0.6) is 0 Å². The zero-order valence-electron chi connectivity index (χ0n) is 40.2. The van der Waals surface area contributed by atoms with Gasteiger partial charge in [0.15, 0.2) is 0 Å². The molecule has 1 aliphatic rings. The van der Waals surface area contributed by atoms with Gasteiger partial charge in [-0.1, -0.05) is 148 Å². The van der Waals surface area contributed by atoms with Crippen molar-refractivity contribution in [1.82, 2.24) is 9.55 Å². The summed E-state index contributed by atoms with van der Waals surface area (Å²) in [6, 6.07) is 47.9. The van der Waals surface area contributed by atoms with Crippen LogP contribution in [0.1, 0.15) is 119 Å². The monoisotopic (exact) mass is 1020 g/mol. The largest absolute Gasteiger partial charge is 0.358 e. The molecule has 3 heterocycles. The number of para-hydroxylation sites is 2. The maximum absolute atomic E-state index is 4.96. The summed E-state index contributed by atoms with van der Waals surface area (Å²) < 4.78 is 2.28. The van der Waals surface area contributed by atoms with Crippen molar-refractivity contribution in [3.8, 4) is 5.82 Å². The summed E-state index contributed by atoms with van der Waals surface area (Å²) in [4.78, 5) is 12.2. The fourth-order valence-corrected chi connectivity index (χ4v) is 8.39. The van der Waals surface area contributed by atoms with Crippen LogP contribution in [-0.2, 0) is 42.7 Å². The minimum absolute atomic E-state index is 0. The van der Waals surface area contributed by atoms with Gasteiger partial charge >= 0.3 is 0 Å².